The molecule has 2 atom stereocenters. The fourth-order valence-corrected chi connectivity index (χ4v) is 4.13. The predicted molar refractivity (Wildman–Crippen MR) is 90.7 cm³/mol. The molecule has 2 nitrogen and oxygen atoms in total. The molecular weight excluding hydrogens is 278 g/mol. The van der Waals surface area contributed by atoms with E-state index in [0.717, 1.165) is 11.1 Å². The zero-order valence-corrected chi connectivity index (χ0v) is 13.7. The fourth-order valence-electron chi connectivity index (χ4n) is 2.88. The molecule has 2 rings (SSSR count). The molecule has 0 fully saturated rings. The van der Waals surface area contributed by atoms with E-state index in [-0.39, 0.29) is 6.04 Å². The Labute approximate surface area is 129 Å². The van der Waals surface area contributed by atoms with E-state index >= 15 is 0 Å². The van der Waals surface area contributed by atoms with Gasteiger partial charge in [0.25, 0.3) is 0 Å². The minimum Gasteiger partial charge on any atom is -0.323 e. The van der Waals surface area contributed by atoms with Crippen molar-refractivity contribution in [3.05, 3.63) is 70.3 Å². The lowest BCUT2D eigenvalue weighted by atomic mass is 9.95. The van der Waals surface area contributed by atoms with Gasteiger partial charge in [0.05, 0.1) is 0 Å². The molecule has 3 heteroatoms. The second-order valence-corrected chi connectivity index (χ2v) is 7.16. The van der Waals surface area contributed by atoms with Gasteiger partial charge in [-0.2, -0.15) is 0 Å². The highest BCUT2D eigenvalue weighted by atomic mass is 32.2. The molecule has 0 aliphatic heterocycles. The highest BCUT2D eigenvalue weighted by Crippen LogP contribution is 2.23. The van der Waals surface area contributed by atoms with Crippen molar-refractivity contribution in [2.45, 2.75) is 32.6 Å². The van der Waals surface area contributed by atoms with Crippen LogP contribution in [0.5, 0.6) is 0 Å². The summed E-state index contributed by atoms with van der Waals surface area (Å²) in [5, 5.41) is 0. The predicted octanol–water partition coefficient (Wildman–Crippen LogP) is 3.56. The monoisotopic (exact) mass is 301 g/mol. The molecule has 21 heavy (non-hydrogen) atoms. The third-order valence-electron chi connectivity index (χ3n) is 3.64. The van der Waals surface area contributed by atoms with Crippen molar-refractivity contribution in [1.82, 2.24) is 0 Å². The highest BCUT2D eigenvalue weighted by Gasteiger charge is 2.15. The molecule has 0 aliphatic carbocycles. The molecule has 0 spiro atoms. The molecule has 2 unspecified atom stereocenters. The van der Waals surface area contributed by atoms with Crippen LogP contribution in [-0.4, -0.2) is 9.96 Å². The summed E-state index contributed by atoms with van der Waals surface area (Å²) in [6.45, 7) is 6.24. The Bertz CT molecular complexity index is 614. The highest BCUT2D eigenvalue weighted by molar-refractivity contribution is 7.84. The molecule has 112 valence electrons. The summed E-state index contributed by atoms with van der Waals surface area (Å²) in [7, 11) is -0.948. The summed E-state index contributed by atoms with van der Waals surface area (Å²) in [5.74, 6) is 1.07. The van der Waals surface area contributed by atoms with E-state index in [2.05, 4.69) is 32.9 Å². The largest absolute Gasteiger partial charge is 0.323 e. The third kappa shape index (κ3) is 4.26. The Kier molecular flexibility index (Phi) is 5.32. The van der Waals surface area contributed by atoms with Crippen LogP contribution in [0.3, 0.4) is 0 Å². The number of rotatable bonds is 5. The van der Waals surface area contributed by atoms with Crippen molar-refractivity contribution in [1.29, 1.82) is 0 Å². The van der Waals surface area contributed by atoms with Gasteiger partial charge >= 0.3 is 0 Å². The molecule has 0 bridgehead atoms. The number of hydrogen-bond donors (Lipinski definition) is 1. The van der Waals surface area contributed by atoms with E-state index < -0.39 is 10.8 Å². The van der Waals surface area contributed by atoms with Gasteiger partial charge in [-0.1, -0.05) is 48.0 Å². The second-order valence-electron chi connectivity index (χ2n) is 5.66. The normalized spacial score (nSPS) is 13.9. The standard InChI is InChI=1S/C18H23NOS/c1-13-9-14(2)18(15(3)10-13)17(19)12-21(20)11-16-7-5-4-6-8-16/h4-10,17H,11-12,19H2,1-3H3. The summed E-state index contributed by atoms with van der Waals surface area (Å²) in [6, 6.07) is 14.0. The summed E-state index contributed by atoms with van der Waals surface area (Å²) in [4.78, 5) is 0. The van der Waals surface area contributed by atoms with E-state index in [1.165, 1.54) is 16.7 Å². The first-order valence-corrected chi connectivity index (χ1v) is 8.68. The third-order valence-corrected chi connectivity index (χ3v) is 5.03. The van der Waals surface area contributed by atoms with E-state index in [1.807, 2.05) is 30.3 Å². The molecule has 2 N–H and O–H groups in total. The number of aryl methyl sites for hydroxylation is 3. The van der Waals surface area contributed by atoms with E-state index in [9.17, 15) is 4.21 Å². The number of benzene rings is 2. The van der Waals surface area contributed by atoms with Gasteiger partial charge in [-0.15, -0.1) is 0 Å². The van der Waals surface area contributed by atoms with Crippen molar-refractivity contribution in [2.24, 2.45) is 5.73 Å². The van der Waals surface area contributed by atoms with Gasteiger partial charge in [-0.05, 0) is 43.0 Å². The van der Waals surface area contributed by atoms with Gasteiger partial charge in [0.2, 0.25) is 0 Å². The molecule has 0 amide bonds. The number of nitrogens with two attached hydrogens (primary N) is 1. The van der Waals surface area contributed by atoms with Crippen LogP contribution in [0.15, 0.2) is 42.5 Å². The Balaban J connectivity index is 2.08. The lowest BCUT2D eigenvalue weighted by Gasteiger charge is -2.18. The maximum Gasteiger partial charge on any atom is 0.0486 e. The SMILES string of the molecule is Cc1cc(C)c(C(N)CS(=O)Cc2ccccc2)c(C)c1. The first-order valence-electron chi connectivity index (χ1n) is 7.19. The zero-order valence-electron chi connectivity index (χ0n) is 12.9. The van der Waals surface area contributed by atoms with Crippen LogP contribution in [0.1, 0.15) is 33.9 Å². The Morgan fingerprint density at radius 2 is 1.62 bits per heavy atom. The molecule has 2 aromatic carbocycles. The zero-order chi connectivity index (χ0) is 15.4. The van der Waals surface area contributed by atoms with Gasteiger partial charge in [0.15, 0.2) is 0 Å². The Morgan fingerprint density at radius 1 is 1.05 bits per heavy atom. The van der Waals surface area contributed by atoms with Gasteiger partial charge in [0.1, 0.15) is 0 Å². The molecule has 0 aliphatic rings. The van der Waals surface area contributed by atoms with Crippen LogP contribution in [0.25, 0.3) is 0 Å². The summed E-state index contributed by atoms with van der Waals surface area (Å²) in [5.41, 5.74) is 12.2. The van der Waals surface area contributed by atoms with Crippen molar-refractivity contribution in [3.8, 4) is 0 Å². The first kappa shape index (κ1) is 15.9. The van der Waals surface area contributed by atoms with Crippen LogP contribution in [0.2, 0.25) is 0 Å². The first-order chi connectivity index (χ1) is 9.97. The topological polar surface area (TPSA) is 43.1 Å². The quantitative estimate of drug-likeness (QED) is 0.917. The maximum atomic E-state index is 12.3. The second kappa shape index (κ2) is 7.01. The minimum absolute atomic E-state index is 0.171. The average molecular weight is 301 g/mol. The summed E-state index contributed by atoms with van der Waals surface area (Å²) < 4.78 is 12.3. The smallest absolute Gasteiger partial charge is 0.0486 e. The van der Waals surface area contributed by atoms with Gasteiger partial charge in [-0.25, -0.2) is 0 Å². The van der Waals surface area contributed by atoms with Crippen molar-refractivity contribution in [3.63, 3.8) is 0 Å². The Morgan fingerprint density at radius 3 is 2.19 bits per heavy atom. The number of hydrogen-bond acceptors (Lipinski definition) is 2. The van der Waals surface area contributed by atoms with E-state index in [1.54, 1.807) is 0 Å². The fraction of sp³-hybridized carbons (Fsp3) is 0.333. The van der Waals surface area contributed by atoms with Crippen LogP contribution in [0, 0.1) is 20.8 Å². The lowest BCUT2D eigenvalue weighted by molar-refractivity contribution is 0.674. The molecule has 2 aromatic rings. The molecule has 0 radical (unpaired) electrons. The van der Waals surface area contributed by atoms with Crippen LogP contribution >= 0.6 is 0 Å². The van der Waals surface area contributed by atoms with Crippen molar-refractivity contribution >= 4 is 10.8 Å². The van der Waals surface area contributed by atoms with Crippen LogP contribution < -0.4 is 5.73 Å². The molecular formula is C18H23NOS. The molecule has 0 saturated carbocycles. The Hall–Kier alpha value is -1.45. The molecule has 0 saturated heterocycles. The average Bonchev–Trinajstić information content (AvgIpc) is 2.38. The van der Waals surface area contributed by atoms with E-state index in [0.29, 0.717) is 11.5 Å². The lowest BCUT2D eigenvalue weighted by Crippen LogP contribution is -2.21. The molecule has 0 aromatic heterocycles. The maximum absolute atomic E-state index is 12.3. The van der Waals surface area contributed by atoms with Crippen LogP contribution in [-0.2, 0) is 16.6 Å². The van der Waals surface area contributed by atoms with Gasteiger partial charge in [-0.3, -0.25) is 4.21 Å². The van der Waals surface area contributed by atoms with E-state index in [4.69, 9.17) is 5.73 Å². The van der Waals surface area contributed by atoms with Crippen LogP contribution in [0.4, 0.5) is 0 Å². The van der Waals surface area contributed by atoms with Gasteiger partial charge in [0, 0.05) is 28.3 Å². The minimum atomic E-state index is -0.948. The van der Waals surface area contributed by atoms with Crippen molar-refractivity contribution < 1.29 is 4.21 Å². The van der Waals surface area contributed by atoms with Crippen molar-refractivity contribution in [2.75, 3.05) is 5.75 Å². The van der Waals surface area contributed by atoms with Gasteiger partial charge < -0.3 is 5.73 Å². The summed E-state index contributed by atoms with van der Waals surface area (Å²) in [6.07, 6.45) is 0. The molecule has 0 heterocycles. The summed E-state index contributed by atoms with van der Waals surface area (Å²) >= 11 is 0.